The third-order valence-electron chi connectivity index (χ3n) is 3.53. The largest absolute Gasteiger partial charge is 0.338 e. The monoisotopic (exact) mass is 302 g/mol. The van der Waals surface area contributed by atoms with Gasteiger partial charge in [0.1, 0.15) is 5.75 Å². The van der Waals surface area contributed by atoms with E-state index in [2.05, 4.69) is 16.2 Å². The van der Waals surface area contributed by atoms with E-state index in [1.165, 1.54) is 12.6 Å². The zero-order chi connectivity index (χ0) is 14.0. The highest BCUT2D eigenvalue weighted by molar-refractivity contribution is 7.90. The minimum absolute atomic E-state index is 0.0875. The van der Waals surface area contributed by atoms with Crippen molar-refractivity contribution >= 4 is 27.3 Å². The Morgan fingerprint density at radius 1 is 1.58 bits per heavy atom. The van der Waals surface area contributed by atoms with Gasteiger partial charge < -0.3 is 4.90 Å². The van der Waals surface area contributed by atoms with Crippen molar-refractivity contribution in [3.63, 3.8) is 0 Å². The summed E-state index contributed by atoms with van der Waals surface area (Å²) in [5.74, 6) is -0.466. The molecule has 1 fully saturated rings. The molecule has 2 heterocycles. The Kier molecular flexibility index (Phi) is 4.27. The molecule has 19 heavy (non-hydrogen) atoms. The summed E-state index contributed by atoms with van der Waals surface area (Å²) in [4.78, 5) is 13.7. The van der Waals surface area contributed by atoms with Crippen LogP contribution in [0, 0.1) is 0 Å². The topological polar surface area (TPSA) is 66.5 Å². The van der Waals surface area contributed by atoms with E-state index in [-0.39, 0.29) is 11.9 Å². The van der Waals surface area contributed by atoms with Gasteiger partial charge in [-0.2, -0.15) is 11.3 Å². The molecule has 0 saturated carbocycles. The summed E-state index contributed by atoms with van der Waals surface area (Å²) in [7, 11) is -2.17. The molecule has 106 valence electrons. The second-order valence-electron chi connectivity index (χ2n) is 4.85. The number of hydrogen-bond donors (Lipinski definition) is 1. The molecule has 5 nitrogen and oxygen atoms in total. The molecular weight excluding hydrogens is 284 g/mol. The average Bonchev–Trinajstić information content (AvgIpc) is 2.96. The number of carbonyl (C=O) groups is 1. The van der Waals surface area contributed by atoms with Crippen molar-refractivity contribution in [2.75, 3.05) is 19.3 Å². The van der Waals surface area contributed by atoms with Crippen LogP contribution in [0.1, 0.15) is 24.8 Å². The van der Waals surface area contributed by atoms with Crippen molar-refractivity contribution in [2.24, 2.45) is 0 Å². The van der Waals surface area contributed by atoms with Gasteiger partial charge in [0, 0.05) is 18.5 Å². The van der Waals surface area contributed by atoms with Crippen molar-refractivity contribution in [1.82, 2.24) is 9.62 Å². The Bertz CT molecular complexity index is 539. The molecule has 0 spiro atoms. The van der Waals surface area contributed by atoms with Gasteiger partial charge in [0.2, 0.25) is 15.9 Å². The molecule has 1 N–H and O–H groups in total. The number of nitrogens with one attached hydrogen (secondary N) is 1. The number of rotatable bonds is 4. The van der Waals surface area contributed by atoms with Gasteiger partial charge in [0.15, 0.2) is 0 Å². The SMILES string of the molecule is CNS(=O)(=O)CC(=O)N1C[C@@H](c2ccsc2)C[C@@H]1C. The third-order valence-corrected chi connectivity index (χ3v) is 5.48. The van der Waals surface area contributed by atoms with Gasteiger partial charge in [-0.05, 0) is 42.8 Å². The van der Waals surface area contributed by atoms with Gasteiger partial charge in [-0.25, -0.2) is 13.1 Å². The highest BCUT2D eigenvalue weighted by atomic mass is 32.2. The minimum atomic E-state index is -3.49. The van der Waals surface area contributed by atoms with Gasteiger partial charge in [-0.15, -0.1) is 0 Å². The Morgan fingerprint density at radius 3 is 2.89 bits per heavy atom. The lowest BCUT2D eigenvalue weighted by Crippen LogP contribution is -2.40. The maximum absolute atomic E-state index is 12.1. The van der Waals surface area contributed by atoms with Crippen LogP contribution in [0.5, 0.6) is 0 Å². The number of amides is 1. The van der Waals surface area contributed by atoms with Crippen molar-refractivity contribution < 1.29 is 13.2 Å². The maximum atomic E-state index is 12.1. The lowest BCUT2D eigenvalue weighted by atomic mass is 10.00. The molecule has 1 aliphatic heterocycles. The van der Waals surface area contributed by atoms with Gasteiger partial charge in [-0.1, -0.05) is 0 Å². The van der Waals surface area contributed by atoms with Crippen LogP contribution in [0.3, 0.4) is 0 Å². The zero-order valence-electron chi connectivity index (χ0n) is 11.0. The second-order valence-corrected chi connectivity index (χ2v) is 7.55. The van der Waals surface area contributed by atoms with Crippen LogP contribution in [0.4, 0.5) is 0 Å². The summed E-state index contributed by atoms with van der Waals surface area (Å²) >= 11 is 1.64. The first-order valence-corrected chi connectivity index (χ1v) is 8.75. The fourth-order valence-electron chi connectivity index (χ4n) is 2.44. The Hall–Kier alpha value is -0.920. The average molecular weight is 302 g/mol. The van der Waals surface area contributed by atoms with Crippen LogP contribution < -0.4 is 4.72 Å². The Labute approximate surface area is 117 Å². The molecule has 0 unspecified atom stereocenters. The molecule has 1 saturated heterocycles. The zero-order valence-corrected chi connectivity index (χ0v) is 12.6. The number of thiophene rings is 1. The van der Waals surface area contributed by atoms with E-state index in [1.54, 1.807) is 16.2 Å². The smallest absolute Gasteiger partial charge is 0.239 e. The number of likely N-dealkylation sites (tertiary alicyclic amines) is 1. The van der Waals surface area contributed by atoms with Crippen LogP contribution in [-0.2, 0) is 14.8 Å². The summed E-state index contributed by atoms with van der Waals surface area (Å²) in [6, 6.07) is 2.16. The fraction of sp³-hybridized carbons (Fsp3) is 0.583. The van der Waals surface area contributed by atoms with Crippen LogP contribution in [0.15, 0.2) is 16.8 Å². The van der Waals surface area contributed by atoms with Gasteiger partial charge in [0.25, 0.3) is 0 Å². The maximum Gasteiger partial charge on any atom is 0.239 e. The van der Waals surface area contributed by atoms with Crippen LogP contribution in [0.25, 0.3) is 0 Å². The van der Waals surface area contributed by atoms with E-state index >= 15 is 0 Å². The van der Waals surface area contributed by atoms with E-state index < -0.39 is 15.8 Å². The van der Waals surface area contributed by atoms with E-state index in [0.29, 0.717) is 12.5 Å². The first kappa shape index (κ1) is 14.5. The summed E-state index contributed by atoms with van der Waals surface area (Å²) in [5.41, 5.74) is 1.24. The number of nitrogens with zero attached hydrogens (tertiary/aromatic N) is 1. The minimum Gasteiger partial charge on any atom is -0.338 e. The normalized spacial score (nSPS) is 23.8. The summed E-state index contributed by atoms with van der Waals surface area (Å²) in [6.07, 6.45) is 0.891. The summed E-state index contributed by atoms with van der Waals surface area (Å²) in [5, 5.41) is 4.12. The lowest BCUT2D eigenvalue weighted by Gasteiger charge is -2.21. The Morgan fingerprint density at radius 2 is 2.32 bits per heavy atom. The fourth-order valence-corrected chi connectivity index (χ4v) is 3.82. The van der Waals surface area contributed by atoms with E-state index in [4.69, 9.17) is 0 Å². The molecule has 1 aliphatic rings. The third kappa shape index (κ3) is 3.34. The van der Waals surface area contributed by atoms with Crippen LogP contribution in [0.2, 0.25) is 0 Å². The van der Waals surface area contributed by atoms with E-state index in [1.807, 2.05) is 12.3 Å². The first-order chi connectivity index (χ1) is 8.93. The molecule has 0 bridgehead atoms. The Balaban J connectivity index is 2.04. The van der Waals surface area contributed by atoms with E-state index in [9.17, 15) is 13.2 Å². The van der Waals surface area contributed by atoms with Crippen LogP contribution in [-0.4, -0.2) is 44.6 Å². The standard InChI is InChI=1S/C12H18N2O3S2/c1-9-5-11(10-3-4-18-7-10)6-14(9)12(15)8-19(16,17)13-2/h3-4,7,9,11,13H,5-6,8H2,1-2H3/t9-,11-/m0/s1. The van der Waals surface area contributed by atoms with Crippen molar-refractivity contribution in [2.45, 2.75) is 25.3 Å². The predicted molar refractivity (Wildman–Crippen MR) is 75.7 cm³/mol. The lowest BCUT2D eigenvalue weighted by molar-refractivity contribution is -0.128. The summed E-state index contributed by atoms with van der Waals surface area (Å²) in [6.45, 7) is 2.58. The summed E-state index contributed by atoms with van der Waals surface area (Å²) < 4.78 is 25.0. The molecule has 1 aromatic heterocycles. The molecule has 7 heteroatoms. The molecule has 0 aromatic carbocycles. The quantitative estimate of drug-likeness (QED) is 0.902. The molecule has 1 amide bonds. The number of hydrogen-bond acceptors (Lipinski definition) is 4. The molecule has 0 radical (unpaired) electrons. The van der Waals surface area contributed by atoms with Crippen molar-refractivity contribution in [3.05, 3.63) is 22.4 Å². The van der Waals surface area contributed by atoms with Gasteiger partial charge in [-0.3, -0.25) is 4.79 Å². The highest BCUT2D eigenvalue weighted by Crippen LogP contribution is 2.32. The molecule has 1 aromatic rings. The molecule has 0 aliphatic carbocycles. The predicted octanol–water partition coefficient (Wildman–Crippen LogP) is 1.00. The van der Waals surface area contributed by atoms with Gasteiger partial charge in [0.05, 0.1) is 0 Å². The number of carbonyl (C=O) groups excluding carboxylic acids is 1. The van der Waals surface area contributed by atoms with Crippen molar-refractivity contribution in [3.8, 4) is 0 Å². The van der Waals surface area contributed by atoms with Gasteiger partial charge >= 0.3 is 0 Å². The van der Waals surface area contributed by atoms with Crippen molar-refractivity contribution in [1.29, 1.82) is 0 Å². The molecule has 2 rings (SSSR count). The second kappa shape index (κ2) is 5.60. The van der Waals surface area contributed by atoms with Crippen LogP contribution >= 0.6 is 11.3 Å². The molecule has 2 atom stereocenters. The number of sulfonamides is 1. The molecular formula is C12H18N2O3S2. The van der Waals surface area contributed by atoms with E-state index in [0.717, 1.165) is 6.42 Å². The highest BCUT2D eigenvalue weighted by Gasteiger charge is 2.34. The first-order valence-electron chi connectivity index (χ1n) is 6.15.